The van der Waals surface area contributed by atoms with Gasteiger partial charge in [-0.15, -0.1) is 6.58 Å². The summed E-state index contributed by atoms with van der Waals surface area (Å²) in [5, 5.41) is 8.94. The molecule has 0 atom stereocenters. The highest BCUT2D eigenvalue weighted by Crippen LogP contribution is 2.20. The molecule has 0 aliphatic heterocycles. The van der Waals surface area contributed by atoms with Gasteiger partial charge in [0.05, 0.1) is 23.1 Å². The minimum absolute atomic E-state index is 0.0419. The van der Waals surface area contributed by atoms with Gasteiger partial charge in [-0.2, -0.15) is 5.26 Å². The zero-order chi connectivity index (χ0) is 24.6. The van der Waals surface area contributed by atoms with Gasteiger partial charge in [-0.3, -0.25) is 9.52 Å². The maximum atomic E-state index is 13.0. The van der Waals surface area contributed by atoms with E-state index in [1.165, 1.54) is 24.3 Å². The number of carbonyl (C=O) groups is 1. The standard InChI is InChI=1S/C26H25N3O4S/c1-3-17-29(19-21-7-5-20(18-27)6-8-21)26(30)22-9-15-25(16-10-22)34(31,32)28-23-11-13-24(14-12-23)33-4-2/h3,5-16,28H,1,4,17,19H2,2H3. The molecule has 0 bridgehead atoms. The molecule has 1 N–H and O–H groups in total. The molecule has 8 heteroatoms. The Morgan fingerprint density at radius 2 is 1.71 bits per heavy atom. The fraction of sp³-hybridized carbons (Fsp3) is 0.154. The van der Waals surface area contributed by atoms with E-state index in [0.29, 0.717) is 42.3 Å². The van der Waals surface area contributed by atoms with Crippen molar-refractivity contribution in [3.8, 4) is 11.8 Å². The molecule has 174 valence electrons. The van der Waals surface area contributed by atoms with Crippen molar-refractivity contribution in [2.75, 3.05) is 17.9 Å². The highest BCUT2D eigenvalue weighted by atomic mass is 32.2. The number of rotatable bonds is 10. The lowest BCUT2D eigenvalue weighted by molar-refractivity contribution is 0.0762. The molecule has 0 spiro atoms. The number of hydrogen-bond donors (Lipinski definition) is 1. The van der Waals surface area contributed by atoms with Crippen LogP contribution >= 0.6 is 0 Å². The third-order valence-corrected chi connectivity index (χ3v) is 6.32. The van der Waals surface area contributed by atoms with Crippen LogP contribution in [0.25, 0.3) is 0 Å². The quantitative estimate of drug-likeness (QED) is 0.433. The van der Waals surface area contributed by atoms with Crippen LogP contribution in [-0.2, 0) is 16.6 Å². The molecular weight excluding hydrogens is 450 g/mol. The summed E-state index contributed by atoms with van der Waals surface area (Å²) in [4.78, 5) is 14.7. The molecule has 7 nitrogen and oxygen atoms in total. The van der Waals surface area contributed by atoms with Crippen LogP contribution in [0.4, 0.5) is 5.69 Å². The van der Waals surface area contributed by atoms with Gasteiger partial charge in [-0.05, 0) is 73.2 Å². The first-order valence-corrected chi connectivity index (χ1v) is 12.1. The molecule has 3 rings (SSSR count). The van der Waals surface area contributed by atoms with E-state index in [0.717, 1.165) is 5.56 Å². The monoisotopic (exact) mass is 475 g/mol. The van der Waals surface area contributed by atoms with Crippen molar-refractivity contribution < 1.29 is 17.9 Å². The number of ether oxygens (including phenoxy) is 1. The highest BCUT2D eigenvalue weighted by Gasteiger charge is 2.18. The van der Waals surface area contributed by atoms with Crippen LogP contribution < -0.4 is 9.46 Å². The summed E-state index contributed by atoms with van der Waals surface area (Å²) in [7, 11) is -3.82. The maximum Gasteiger partial charge on any atom is 0.261 e. The summed E-state index contributed by atoms with van der Waals surface area (Å²) < 4.78 is 33.4. The molecule has 0 saturated heterocycles. The molecule has 34 heavy (non-hydrogen) atoms. The number of carbonyl (C=O) groups excluding carboxylic acids is 1. The van der Waals surface area contributed by atoms with Crippen molar-refractivity contribution in [1.82, 2.24) is 4.90 Å². The lowest BCUT2D eigenvalue weighted by atomic mass is 10.1. The molecule has 1 amide bonds. The number of anilines is 1. The first-order chi connectivity index (χ1) is 16.4. The van der Waals surface area contributed by atoms with Gasteiger partial charge < -0.3 is 9.64 Å². The van der Waals surface area contributed by atoms with Crippen molar-refractivity contribution in [3.05, 3.63) is 102 Å². The Kier molecular flexibility index (Phi) is 8.06. The first-order valence-electron chi connectivity index (χ1n) is 10.6. The molecule has 3 aromatic carbocycles. The fourth-order valence-electron chi connectivity index (χ4n) is 3.24. The van der Waals surface area contributed by atoms with E-state index in [9.17, 15) is 13.2 Å². The molecular formula is C26H25N3O4S. The van der Waals surface area contributed by atoms with Crippen molar-refractivity contribution in [2.45, 2.75) is 18.4 Å². The van der Waals surface area contributed by atoms with Gasteiger partial charge in [0.1, 0.15) is 5.75 Å². The van der Waals surface area contributed by atoms with Crippen molar-refractivity contribution in [3.63, 3.8) is 0 Å². The van der Waals surface area contributed by atoms with E-state index in [-0.39, 0.29) is 10.8 Å². The maximum absolute atomic E-state index is 13.0. The van der Waals surface area contributed by atoms with Crippen LogP contribution in [0.15, 0.2) is 90.3 Å². The van der Waals surface area contributed by atoms with Gasteiger partial charge >= 0.3 is 0 Å². The fourth-order valence-corrected chi connectivity index (χ4v) is 4.30. The summed E-state index contributed by atoms with van der Waals surface area (Å²) in [6.45, 7) is 6.75. The Morgan fingerprint density at radius 3 is 2.26 bits per heavy atom. The Balaban J connectivity index is 1.73. The number of amides is 1. The van der Waals surface area contributed by atoms with Gasteiger partial charge in [0.15, 0.2) is 0 Å². The lowest BCUT2D eigenvalue weighted by Crippen LogP contribution is -2.30. The Morgan fingerprint density at radius 1 is 1.06 bits per heavy atom. The summed E-state index contributed by atoms with van der Waals surface area (Å²) in [6.07, 6.45) is 1.63. The van der Waals surface area contributed by atoms with E-state index in [1.807, 2.05) is 6.92 Å². The van der Waals surface area contributed by atoms with E-state index in [1.54, 1.807) is 59.5 Å². The average Bonchev–Trinajstić information content (AvgIpc) is 2.85. The molecule has 3 aromatic rings. The van der Waals surface area contributed by atoms with Crippen molar-refractivity contribution >= 4 is 21.6 Å². The molecule has 0 radical (unpaired) electrons. The number of nitriles is 1. The van der Waals surface area contributed by atoms with Crippen LogP contribution in [0.3, 0.4) is 0 Å². The Bertz CT molecular complexity index is 1280. The van der Waals surface area contributed by atoms with Crippen LogP contribution in [0, 0.1) is 11.3 Å². The third-order valence-electron chi connectivity index (χ3n) is 4.92. The topological polar surface area (TPSA) is 99.5 Å². The van der Waals surface area contributed by atoms with Crippen molar-refractivity contribution in [1.29, 1.82) is 5.26 Å². The van der Waals surface area contributed by atoms with E-state index < -0.39 is 10.0 Å². The molecule has 0 aliphatic rings. The average molecular weight is 476 g/mol. The zero-order valence-electron chi connectivity index (χ0n) is 18.8. The second-order valence-electron chi connectivity index (χ2n) is 7.37. The van der Waals surface area contributed by atoms with Crippen LogP contribution in [0.1, 0.15) is 28.4 Å². The van der Waals surface area contributed by atoms with Gasteiger partial charge in [0, 0.05) is 24.3 Å². The predicted octanol–water partition coefficient (Wildman–Crippen LogP) is 4.59. The number of nitrogens with one attached hydrogen (secondary N) is 1. The van der Waals surface area contributed by atoms with Crippen molar-refractivity contribution in [2.24, 2.45) is 0 Å². The minimum Gasteiger partial charge on any atom is -0.494 e. The van der Waals surface area contributed by atoms with Gasteiger partial charge in [-0.25, -0.2) is 8.42 Å². The Hall–Kier alpha value is -4.09. The van der Waals surface area contributed by atoms with E-state index in [2.05, 4.69) is 17.4 Å². The zero-order valence-corrected chi connectivity index (χ0v) is 19.6. The molecule has 0 aliphatic carbocycles. The van der Waals surface area contributed by atoms with Gasteiger partial charge in [0.25, 0.3) is 15.9 Å². The summed E-state index contributed by atoms with van der Waals surface area (Å²) in [6, 6.07) is 21.4. The number of hydrogen-bond acceptors (Lipinski definition) is 5. The third kappa shape index (κ3) is 6.24. The largest absolute Gasteiger partial charge is 0.494 e. The van der Waals surface area contributed by atoms with Crippen LogP contribution in [0.5, 0.6) is 5.75 Å². The second-order valence-corrected chi connectivity index (χ2v) is 9.05. The highest BCUT2D eigenvalue weighted by molar-refractivity contribution is 7.92. The second kappa shape index (κ2) is 11.2. The predicted molar refractivity (Wildman–Crippen MR) is 131 cm³/mol. The lowest BCUT2D eigenvalue weighted by Gasteiger charge is -2.21. The SMILES string of the molecule is C=CCN(Cc1ccc(C#N)cc1)C(=O)c1ccc(S(=O)(=O)Nc2ccc(OCC)cc2)cc1. The first kappa shape index (κ1) is 24.6. The van der Waals surface area contributed by atoms with Gasteiger partial charge in [0.2, 0.25) is 0 Å². The smallest absolute Gasteiger partial charge is 0.261 e. The van der Waals surface area contributed by atoms with Crippen LogP contribution in [0.2, 0.25) is 0 Å². The molecule has 0 saturated carbocycles. The number of sulfonamides is 1. The molecule has 0 aromatic heterocycles. The Labute approximate surface area is 200 Å². The molecule has 0 unspecified atom stereocenters. The van der Waals surface area contributed by atoms with E-state index >= 15 is 0 Å². The molecule has 0 fully saturated rings. The summed E-state index contributed by atoms with van der Waals surface area (Å²) in [5.74, 6) is 0.395. The number of benzene rings is 3. The summed E-state index contributed by atoms with van der Waals surface area (Å²) in [5.41, 5.74) is 2.17. The van der Waals surface area contributed by atoms with E-state index in [4.69, 9.17) is 10.00 Å². The minimum atomic E-state index is -3.82. The van der Waals surface area contributed by atoms with Crippen LogP contribution in [-0.4, -0.2) is 32.4 Å². The normalized spacial score (nSPS) is 10.7. The summed E-state index contributed by atoms with van der Waals surface area (Å²) >= 11 is 0. The molecule has 0 heterocycles. The number of nitrogens with zero attached hydrogens (tertiary/aromatic N) is 2. The van der Waals surface area contributed by atoms with Gasteiger partial charge in [-0.1, -0.05) is 18.2 Å².